The van der Waals surface area contributed by atoms with E-state index in [-0.39, 0.29) is 6.10 Å². The number of rotatable bonds is 5. The third-order valence-corrected chi connectivity index (χ3v) is 4.17. The maximum Gasteiger partial charge on any atom is 0.433 e. The molecule has 0 saturated carbocycles. The van der Waals surface area contributed by atoms with E-state index < -0.39 is 11.9 Å². The van der Waals surface area contributed by atoms with E-state index in [1.54, 1.807) is 0 Å². The molecule has 1 aromatic carbocycles. The number of halogens is 3. The van der Waals surface area contributed by atoms with E-state index in [1.807, 2.05) is 24.6 Å². The highest BCUT2D eigenvalue weighted by atomic mass is 19.4. The van der Waals surface area contributed by atoms with Gasteiger partial charge in [-0.25, -0.2) is 0 Å². The van der Waals surface area contributed by atoms with Crippen LogP contribution in [0.3, 0.4) is 0 Å². The minimum atomic E-state index is -4.40. The Hall–Kier alpha value is -1.92. The molecule has 1 unspecified atom stereocenters. The summed E-state index contributed by atoms with van der Waals surface area (Å²) >= 11 is 0. The maximum absolute atomic E-state index is 12.5. The van der Waals surface area contributed by atoms with Crippen molar-refractivity contribution in [2.45, 2.75) is 25.2 Å². The van der Waals surface area contributed by atoms with Gasteiger partial charge in [0.05, 0.1) is 12.7 Å². The molecule has 1 radical (unpaired) electrons. The van der Waals surface area contributed by atoms with E-state index in [0.29, 0.717) is 18.6 Å². The summed E-state index contributed by atoms with van der Waals surface area (Å²) in [6, 6.07) is 12.7. The Balaban J connectivity index is 1.49. The molecule has 3 nitrogen and oxygen atoms in total. The predicted octanol–water partition coefficient (Wildman–Crippen LogP) is 3.94. The number of aromatic nitrogens is 1. The molecule has 25 heavy (non-hydrogen) atoms. The molecule has 1 aliphatic heterocycles. The van der Waals surface area contributed by atoms with Crippen LogP contribution >= 0.6 is 0 Å². The average molecular weight is 349 g/mol. The molecule has 0 spiro atoms. The minimum Gasteiger partial charge on any atom is -0.376 e. The molecule has 1 saturated heterocycles. The van der Waals surface area contributed by atoms with Crippen molar-refractivity contribution in [3.05, 3.63) is 71.9 Å². The van der Waals surface area contributed by atoms with Gasteiger partial charge in [0, 0.05) is 25.8 Å². The van der Waals surface area contributed by atoms with Gasteiger partial charge in [-0.05, 0) is 30.0 Å². The van der Waals surface area contributed by atoms with Crippen molar-refractivity contribution >= 4 is 0 Å². The first-order valence-corrected chi connectivity index (χ1v) is 8.25. The molecule has 3 rings (SSSR count). The van der Waals surface area contributed by atoms with Gasteiger partial charge < -0.3 is 4.74 Å². The Morgan fingerprint density at radius 3 is 2.64 bits per heavy atom. The van der Waals surface area contributed by atoms with Crippen LogP contribution < -0.4 is 0 Å². The fraction of sp³-hybridized carbons (Fsp3) is 0.368. The van der Waals surface area contributed by atoms with Crippen LogP contribution in [0.4, 0.5) is 13.2 Å². The van der Waals surface area contributed by atoms with Gasteiger partial charge in [-0.1, -0.05) is 36.4 Å². The van der Waals surface area contributed by atoms with Gasteiger partial charge >= 0.3 is 6.18 Å². The molecule has 2 heterocycles. The normalized spacial score (nSPS) is 19.1. The number of hydrogen-bond acceptors (Lipinski definition) is 3. The van der Waals surface area contributed by atoms with E-state index in [9.17, 15) is 13.2 Å². The number of pyridine rings is 1. The lowest BCUT2D eigenvalue weighted by atomic mass is 10.1. The predicted molar refractivity (Wildman–Crippen MR) is 88.7 cm³/mol. The van der Waals surface area contributed by atoms with E-state index in [4.69, 9.17) is 4.74 Å². The Labute approximate surface area is 145 Å². The molecule has 1 atom stereocenters. The van der Waals surface area contributed by atoms with Crippen LogP contribution in [0.25, 0.3) is 0 Å². The van der Waals surface area contributed by atoms with Crippen LogP contribution in [-0.4, -0.2) is 35.7 Å². The van der Waals surface area contributed by atoms with Crippen molar-refractivity contribution in [2.24, 2.45) is 0 Å². The summed E-state index contributed by atoms with van der Waals surface area (Å²) in [7, 11) is 0. The zero-order chi connectivity index (χ0) is 17.7. The van der Waals surface area contributed by atoms with Gasteiger partial charge in [-0.3, -0.25) is 9.88 Å². The first-order valence-electron chi connectivity index (χ1n) is 8.25. The summed E-state index contributed by atoms with van der Waals surface area (Å²) < 4.78 is 43.3. The molecule has 0 N–H and O–H groups in total. The standard InChI is InChI=1S/C19H20F3N2O/c20-19(21,22)18-9-7-15(12-23-18)6-8-17-14-24(10-11-25-17)13-16-4-2-1-3-5-16/h1-7,9,12,17H,8,10-11,13-14H2. The minimum absolute atomic E-state index is 0.0414. The number of benzene rings is 1. The van der Waals surface area contributed by atoms with Crippen LogP contribution in [0.1, 0.15) is 23.2 Å². The third-order valence-electron chi connectivity index (χ3n) is 4.17. The van der Waals surface area contributed by atoms with Gasteiger partial charge in [-0.15, -0.1) is 0 Å². The number of hydrogen-bond donors (Lipinski definition) is 0. The lowest BCUT2D eigenvalue weighted by molar-refractivity contribution is -0.141. The van der Waals surface area contributed by atoms with Crippen molar-refractivity contribution in [3.8, 4) is 0 Å². The summed E-state index contributed by atoms with van der Waals surface area (Å²) in [4.78, 5) is 5.81. The quantitative estimate of drug-likeness (QED) is 0.817. The van der Waals surface area contributed by atoms with Crippen molar-refractivity contribution < 1.29 is 17.9 Å². The highest BCUT2D eigenvalue weighted by Crippen LogP contribution is 2.27. The highest BCUT2D eigenvalue weighted by molar-refractivity contribution is 5.22. The maximum atomic E-state index is 12.5. The summed E-state index contributed by atoms with van der Waals surface area (Å²) in [5.41, 5.74) is 1.07. The molecule has 133 valence electrons. The first kappa shape index (κ1) is 17.9. The van der Waals surface area contributed by atoms with Crippen LogP contribution in [0, 0.1) is 6.42 Å². The van der Waals surface area contributed by atoms with Gasteiger partial charge in [0.15, 0.2) is 0 Å². The molecule has 0 bridgehead atoms. The van der Waals surface area contributed by atoms with Gasteiger partial charge in [0.25, 0.3) is 0 Å². The van der Waals surface area contributed by atoms with E-state index in [2.05, 4.69) is 22.0 Å². The van der Waals surface area contributed by atoms with Gasteiger partial charge in [0.2, 0.25) is 0 Å². The van der Waals surface area contributed by atoms with Crippen LogP contribution in [0.15, 0.2) is 48.7 Å². The summed E-state index contributed by atoms with van der Waals surface area (Å²) in [6.45, 7) is 3.23. The smallest absolute Gasteiger partial charge is 0.376 e. The van der Waals surface area contributed by atoms with Crippen molar-refractivity contribution in [2.75, 3.05) is 19.7 Å². The SMILES string of the molecule is FC(F)(F)c1ccc([CH]CC2CN(Cc3ccccc3)CCO2)cn1. The van der Waals surface area contributed by atoms with Crippen LogP contribution in [-0.2, 0) is 17.5 Å². The fourth-order valence-electron chi connectivity index (χ4n) is 2.87. The van der Waals surface area contributed by atoms with Gasteiger partial charge in [-0.2, -0.15) is 13.2 Å². The zero-order valence-corrected chi connectivity index (χ0v) is 13.7. The monoisotopic (exact) mass is 349 g/mol. The largest absolute Gasteiger partial charge is 0.433 e. The molecule has 1 aromatic heterocycles. The third kappa shape index (κ3) is 5.28. The second kappa shape index (κ2) is 7.97. The number of nitrogens with zero attached hydrogens (tertiary/aromatic N) is 2. The number of alkyl halides is 3. The molecular formula is C19H20F3N2O. The molecular weight excluding hydrogens is 329 g/mol. The average Bonchev–Trinajstić information content (AvgIpc) is 2.61. The van der Waals surface area contributed by atoms with Gasteiger partial charge in [0.1, 0.15) is 5.69 Å². The molecule has 1 fully saturated rings. The second-order valence-corrected chi connectivity index (χ2v) is 6.13. The summed E-state index contributed by atoms with van der Waals surface area (Å²) in [6.07, 6.45) is -0.571. The van der Waals surface area contributed by atoms with E-state index in [0.717, 1.165) is 25.7 Å². The van der Waals surface area contributed by atoms with E-state index in [1.165, 1.54) is 17.8 Å². The number of ether oxygens (including phenoxy) is 1. The lowest BCUT2D eigenvalue weighted by Crippen LogP contribution is -2.41. The number of morpholine rings is 1. The van der Waals surface area contributed by atoms with Crippen molar-refractivity contribution in [1.29, 1.82) is 0 Å². The summed E-state index contributed by atoms with van der Waals surface area (Å²) in [5.74, 6) is 0. The van der Waals surface area contributed by atoms with Crippen LogP contribution in [0.5, 0.6) is 0 Å². The molecule has 6 heteroatoms. The Morgan fingerprint density at radius 1 is 1.16 bits per heavy atom. The Kier molecular flexibility index (Phi) is 5.71. The second-order valence-electron chi connectivity index (χ2n) is 6.13. The van der Waals surface area contributed by atoms with Crippen LogP contribution in [0.2, 0.25) is 0 Å². The van der Waals surface area contributed by atoms with E-state index >= 15 is 0 Å². The zero-order valence-electron chi connectivity index (χ0n) is 13.7. The molecule has 0 aliphatic carbocycles. The molecule has 2 aromatic rings. The summed E-state index contributed by atoms with van der Waals surface area (Å²) in [5, 5.41) is 0. The van der Waals surface area contributed by atoms with Crippen molar-refractivity contribution in [3.63, 3.8) is 0 Å². The Morgan fingerprint density at radius 2 is 1.96 bits per heavy atom. The lowest BCUT2D eigenvalue weighted by Gasteiger charge is -2.33. The molecule has 1 aliphatic rings. The molecule has 0 amide bonds. The Bertz CT molecular complexity index is 659. The fourth-order valence-corrected chi connectivity index (χ4v) is 2.87. The topological polar surface area (TPSA) is 25.4 Å². The highest BCUT2D eigenvalue weighted by Gasteiger charge is 2.32. The van der Waals surface area contributed by atoms with Crippen molar-refractivity contribution in [1.82, 2.24) is 9.88 Å². The first-order chi connectivity index (χ1) is 12.0.